The number of H-pyrrole nitrogens is 1. The van der Waals surface area contributed by atoms with Crippen molar-refractivity contribution in [1.29, 1.82) is 0 Å². The molecule has 0 spiro atoms. The second kappa shape index (κ2) is 5.86. The van der Waals surface area contributed by atoms with Gasteiger partial charge in [0.1, 0.15) is 0 Å². The van der Waals surface area contributed by atoms with Gasteiger partial charge in [-0.05, 0) is 25.5 Å². The van der Waals surface area contributed by atoms with Crippen molar-refractivity contribution in [3.05, 3.63) is 23.4 Å². The van der Waals surface area contributed by atoms with Crippen LogP contribution >= 0.6 is 0 Å². The second-order valence-electron chi connectivity index (χ2n) is 4.46. The van der Waals surface area contributed by atoms with Gasteiger partial charge in [-0.25, -0.2) is 0 Å². The van der Waals surface area contributed by atoms with Crippen molar-refractivity contribution in [1.82, 2.24) is 4.98 Å². The highest BCUT2D eigenvalue weighted by Gasteiger charge is 2.16. The van der Waals surface area contributed by atoms with Crippen LogP contribution in [0.4, 0.5) is 0 Å². The highest BCUT2D eigenvalue weighted by molar-refractivity contribution is 5.91. The Morgan fingerprint density at radius 1 is 1.20 bits per heavy atom. The van der Waals surface area contributed by atoms with Crippen LogP contribution in [0.2, 0.25) is 0 Å². The van der Waals surface area contributed by atoms with Crippen LogP contribution < -0.4 is 9.47 Å². The van der Waals surface area contributed by atoms with E-state index in [0.29, 0.717) is 18.1 Å². The maximum Gasteiger partial charge on any atom is 0.310 e. The van der Waals surface area contributed by atoms with Gasteiger partial charge in [-0.2, -0.15) is 0 Å². The molecule has 0 radical (unpaired) electrons. The number of esters is 1. The maximum absolute atomic E-state index is 11.7. The lowest BCUT2D eigenvalue weighted by Gasteiger charge is -2.08. The molecule has 0 aliphatic carbocycles. The molecule has 5 heteroatoms. The lowest BCUT2D eigenvalue weighted by atomic mass is 10.1. The van der Waals surface area contributed by atoms with Gasteiger partial charge < -0.3 is 19.2 Å². The summed E-state index contributed by atoms with van der Waals surface area (Å²) in [7, 11) is 3.19. The molecule has 0 bridgehead atoms. The number of rotatable bonds is 5. The van der Waals surface area contributed by atoms with Gasteiger partial charge in [0, 0.05) is 22.7 Å². The van der Waals surface area contributed by atoms with Crippen LogP contribution in [0.3, 0.4) is 0 Å². The second-order valence-corrected chi connectivity index (χ2v) is 4.46. The predicted molar refractivity (Wildman–Crippen MR) is 76.5 cm³/mol. The van der Waals surface area contributed by atoms with Crippen LogP contribution in [-0.2, 0) is 16.0 Å². The number of hydrogen-bond acceptors (Lipinski definition) is 4. The monoisotopic (exact) mass is 277 g/mol. The lowest BCUT2D eigenvalue weighted by molar-refractivity contribution is -0.142. The first-order valence-corrected chi connectivity index (χ1v) is 6.49. The summed E-state index contributed by atoms with van der Waals surface area (Å²) in [5.74, 6) is 1.07. The van der Waals surface area contributed by atoms with Gasteiger partial charge in [-0.15, -0.1) is 0 Å². The quantitative estimate of drug-likeness (QED) is 0.853. The minimum atomic E-state index is -0.230. The van der Waals surface area contributed by atoms with Gasteiger partial charge in [-0.3, -0.25) is 4.79 Å². The number of carbonyl (C=O) groups is 1. The highest BCUT2D eigenvalue weighted by Crippen LogP contribution is 2.34. The van der Waals surface area contributed by atoms with Gasteiger partial charge in [0.2, 0.25) is 0 Å². The van der Waals surface area contributed by atoms with Gasteiger partial charge in [0.05, 0.1) is 27.2 Å². The molecule has 2 aromatic rings. The molecule has 0 fully saturated rings. The normalized spacial score (nSPS) is 10.6. The smallest absolute Gasteiger partial charge is 0.310 e. The van der Waals surface area contributed by atoms with Gasteiger partial charge in [0.15, 0.2) is 11.5 Å². The molecule has 0 amide bonds. The third kappa shape index (κ3) is 2.57. The number of carbonyl (C=O) groups excluding carboxylic acids is 1. The zero-order chi connectivity index (χ0) is 14.7. The number of fused-ring (bicyclic) bond motifs is 1. The molecule has 2 rings (SSSR count). The van der Waals surface area contributed by atoms with Crippen molar-refractivity contribution in [3.8, 4) is 11.5 Å². The first-order valence-electron chi connectivity index (χ1n) is 6.49. The van der Waals surface area contributed by atoms with E-state index >= 15 is 0 Å². The molecule has 1 heterocycles. The number of aryl methyl sites for hydroxylation is 1. The number of aromatic nitrogens is 1. The standard InChI is InChI=1S/C15H19NO4/c1-5-20-15(17)7-10-9(2)16-12-8-14(19-4)13(18-3)6-11(10)12/h6,8,16H,5,7H2,1-4H3. The molecule has 5 nitrogen and oxygen atoms in total. The third-order valence-corrected chi connectivity index (χ3v) is 3.25. The fourth-order valence-corrected chi connectivity index (χ4v) is 2.30. The van der Waals surface area contributed by atoms with E-state index in [9.17, 15) is 4.79 Å². The third-order valence-electron chi connectivity index (χ3n) is 3.25. The Balaban J connectivity index is 2.49. The molecule has 0 unspecified atom stereocenters. The molecule has 1 N–H and O–H groups in total. The number of hydrogen-bond donors (Lipinski definition) is 1. The molecule has 0 saturated heterocycles. The highest BCUT2D eigenvalue weighted by atomic mass is 16.5. The summed E-state index contributed by atoms with van der Waals surface area (Å²) in [6.07, 6.45) is 0.245. The van der Waals surface area contributed by atoms with Crippen molar-refractivity contribution >= 4 is 16.9 Å². The largest absolute Gasteiger partial charge is 0.493 e. The minimum absolute atomic E-state index is 0.230. The van der Waals surface area contributed by atoms with Gasteiger partial charge >= 0.3 is 5.97 Å². The van der Waals surface area contributed by atoms with Crippen LogP contribution in [0.5, 0.6) is 11.5 Å². The summed E-state index contributed by atoms with van der Waals surface area (Å²) in [6.45, 7) is 4.12. The molecule has 0 saturated carbocycles. The van der Waals surface area contributed by atoms with Crippen LogP contribution in [0.1, 0.15) is 18.2 Å². The van der Waals surface area contributed by atoms with Crippen LogP contribution in [-0.4, -0.2) is 31.8 Å². The van der Waals surface area contributed by atoms with E-state index in [2.05, 4.69) is 4.98 Å². The molecular weight excluding hydrogens is 258 g/mol. The van der Waals surface area contributed by atoms with Crippen molar-refractivity contribution < 1.29 is 19.0 Å². The summed E-state index contributed by atoms with van der Waals surface area (Å²) in [4.78, 5) is 14.9. The van der Waals surface area contributed by atoms with E-state index in [4.69, 9.17) is 14.2 Å². The van der Waals surface area contributed by atoms with Crippen molar-refractivity contribution in [2.24, 2.45) is 0 Å². The topological polar surface area (TPSA) is 60.6 Å². The first kappa shape index (κ1) is 14.2. The summed E-state index contributed by atoms with van der Waals surface area (Å²) in [6, 6.07) is 3.75. The molecule has 1 aromatic heterocycles. The number of aromatic amines is 1. The zero-order valence-corrected chi connectivity index (χ0v) is 12.2. The molecule has 108 valence electrons. The zero-order valence-electron chi connectivity index (χ0n) is 12.2. The average Bonchev–Trinajstić information content (AvgIpc) is 2.73. The van der Waals surface area contributed by atoms with Crippen molar-refractivity contribution in [2.45, 2.75) is 20.3 Å². The molecule has 0 aliphatic rings. The summed E-state index contributed by atoms with van der Waals surface area (Å²) in [5, 5.41) is 0.952. The van der Waals surface area contributed by atoms with E-state index in [1.807, 2.05) is 19.1 Å². The Morgan fingerprint density at radius 3 is 2.45 bits per heavy atom. The molecule has 0 aliphatic heterocycles. The van der Waals surface area contributed by atoms with Crippen LogP contribution in [0, 0.1) is 6.92 Å². The van der Waals surface area contributed by atoms with E-state index in [1.165, 1.54) is 0 Å². The molecule has 20 heavy (non-hydrogen) atoms. The molecular formula is C15H19NO4. The van der Waals surface area contributed by atoms with E-state index < -0.39 is 0 Å². The summed E-state index contributed by atoms with van der Waals surface area (Å²) < 4.78 is 15.6. The fourth-order valence-electron chi connectivity index (χ4n) is 2.30. The number of benzene rings is 1. The number of ether oxygens (including phenoxy) is 3. The van der Waals surface area contributed by atoms with E-state index in [0.717, 1.165) is 22.2 Å². The first-order chi connectivity index (χ1) is 9.60. The van der Waals surface area contributed by atoms with E-state index in [-0.39, 0.29) is 12.4 Å². The predicted octanol–water partition coefficient (Wildman–Crippen LogP) is 2.60. The Labute approximate surface area is 117 Å². The Morgan fingerprint density at radius 2 is 1.85 bits per heavy atom. The van der Waals surface area contributed by atoms with E-state index in [1.54, 1.807) is 21.1 Å². The average molecular weight is 277 g/mol. The SMILES string of the molecule is CCOC(=O)Cc1c(C)[nH]c2cc(OC)c(OC)cc12. The maximum atomic E-state index is 11.7. The molecule has 1 aromatic carbocycles. The number of nitrogens with one attached hydrogen (secondary N) is 1. The fraction of sp³-hybridized carbons (Fsp3) is 0.400. The summed E-state index contributed by atoms with van der Waals surface area (Å²) in [5.41, 5.74) is 2.79. The number of methoxy groups -OCH3 is 2. The lowest BCUT2D eigenvalue weighted by Crippen LogP contribution is -2.08. The Bertz CT molecular complexity index is 630. The minimum Gasteiger partial charge on any atom is -0.493 e. The summed E-state index contributed by atoms with van der Waals surface area (Å²) >= 11 is 0. The van der Waals surface area contributed by atoms with Crippen LogP contribution in [0.25, 0.3) is 10.9 Å². The van der Waals surface area contributed by atoms with Crippen LogP contribution in [0.15, 0.2) is 12.1 Å². The van der Waals surface area contributed by atoms with Gasteiger partial charge in [-0.1, -0.05) is 0 Å². The van der Waals surface area contributed by atoms with Crippen molar-refractivity contribution in [3.63, 3.8) is 0 Å². The Kier molecular flexibility index (Phi) is 4.17. The molecule has 0 atom stereocenters. The van der Waals surface area contributed by atoms with Crippen molar-refractivity contribution in [2.75, 3.05) is 20.8 Å². The van der Waals surface area contributed by atoms with Gasteiger partial charge in [0.25, 0.3) is 0 Å². The Hall–Kier alpha value is -2.17.